The van der Waals surface area contributed by atoms with E-state index >= 15 is 0 Å². The predicted octanol–water partition coefficient (Wildman–Crippen LogP) is -8.55. The van der Waals surface area contributed by atoms with Gasteiger partial charge in [0.15, 0.2) is 0 Å². The summed E-state index contributed by atoms with van der Waals surface area (Å²) < 4.78 is 43.0. The first-order chi connectivity index (χ1) is 5.41. The fraction of sp³-hybridized carbons (Fsp3) is 0.500. The quantitative estimate of drug-likeness (QED) is 0.167. The van der Waals surface area contributed by atoms with Crippen molar-refractivity contribution in [1.82, 2.24) is 0 Å². The zero-order valence-corrected chi connectivity index (χ0v) is 14.4. The Hall–Kier alpha value is 1.43. The molecule has 0 aromatic rings. The van der Waals surface area contributed by atoms with Crippen molar-refractivity contribution in [1.29, 1.82) is 5.26 Å². The minimum Gasteiger partial charge on any atom is -0.759 e. The van der Waals surface area contributed by atoms with E-state index in [9.17, 15) is 0 Å². The van der Waals surface area contributed by atoms with Crippen LogP contribution >= 0.6 is 7.82 Å². The number of hydrogen-bond acceptors (Lipinski definition) is 6. The van der Waals surface area contributed by atoms with E-state index < -0.39 is 18.2 Å². The van der Waals surface area contributed by atoms with Crippen LogP contribution in [-0.2, 0) is 15.0 Å². The van der Waals surface area contributed by atoms with Gasteiger partial charge in [-0.3, -0.25) is 8.42 Å². The fourth-order valence-electron chi connectivity index (χ4n) is 0. The molecule has 0 aliphatic heterocycles. The summed E-state index contributed by atoms with van der Waals surface area (Å²) in [5.74, 6) is 0. The largest absolute Gasteiger partial charge is 1.00 e. The van der Waals surface area contributed by atoms with Gasteiger partial charge in [0.2, 0.25) is 0 Å². The third-order valence-corrected chi connectivity index (χ3v) is 0. The van der Waals surface area contributed by atoms with E-state index in [1.807, 2.05) is 0 Å². The molecule has 0 radical (unpaired) electrons. The van der Waals surface area contributed by atoms with Crippen LogP contribution in [0, 0.1) is 11.3 Å². The van der Waals surface area contributed by atoms with Gasteiger partial charge in [-0.25, -0.2) is 4.57 Å². The molecule has 0 heterocycles. The molecule has 0 rings (SSSR count). The van der Waals surface area contributed by atoms with Crippen LogP contribution in [0.4, 0.5) is 0 Å². The van der Waals surface area contributed by atoms with Crippen LogP contribution in [0.3, 0.4) is 0 Å². The van der Waals surface area contributed by atoms with Gasteiger partial charge in [0.1, 0.15) is 0 Å². The number of phosphoric acid groups is 1. The van der Waals surface area contributed by atoms with Gasteiger partial charge in [0, 0.05) is 17.3 Å². The van der Waals surface area contributed by atoms with E-state index in [0.29, 0.717) is 0 Å². The third-order valence-electron chi connectivity index (χ3n) is 0. The van der Waals surface area contributed by atoms with E-state index in [-0.39, 0.29) is 64.6 Å². The molecule has 0 bridgehead atoms. The van der Waals surface area contributed by atoms with Crippen molar-refractivity contribution in [2.75, 3.05) is 0 Å². The SMILES string of the molecule is CC#N.O.O=P(O)(O)O.O=S(=O)([O-])[O-].[Na+].[Na+]. The van der Waals surface area contributed by atoms with Crippen LogP contribution in [0.1, 0.15) is 6.92 Å². The van der Waals surface area contributed by atoms with Crippen LogP contribution in [0.5, 0.6) is 0 Å². The number of nitrogens with zero attached hydrogens (tertiary/aromatic N) is 1. The molecule has 0 amide bonds. The third kappa shape index (κ3) is 1570. The topological polar surface area (TPSA) is 213 Å². The fourth-order valence-corrected chi connectivity index (χ4v) is 0. The van der Waals surface area contributed by atoms with Gasteiger partial charge in [0.25, 0.3) is 0 Å². The Balaban J connectivity index is -0.0000000220. The van der Waals surface area contributed by atoms with Gasteiger partial charge in [-0.1, -0.05) is 0 Å². The Morgan fingerprint density at radius 1 is 1.19 bits per heavy atom. The summed E-state index contributed by atoms with van der Waals surface area (Å²) in [6.07, 6.45) is 0. The second-order valence-corrected chi connectivity index (χ2v) is 2.99. The summed E-state index contributed by atoms with van der Waals surface area (Å²) in [7, 11) is -9.81. The zero-order chi connectivity index (χ0) is 11.7. The van der Waals surface area contributed by atoms with Crippen molar-refractivity contribution in [3.63, 3.8) is 0 Å². The average Bonchev–Trinajstić information content (AvgIpc) is 1.52. The molecule has 0 aromatic carbocycles. The summed E-state index contributed by atoms with van der Waals surface area (Å²) in [6.45, 7) is 1.43. The zero-order valence-electron chi connectivity index (χ0n) is 8.69. The first-order valence-corrected chi connectivity index (χ1v) is 5.07. The maximum absolute atomic E-state index is 8.88. The van der Waals surface area contributed by atoms with Crippen molar-refractivity contribution in [2.45, 2.75) is 6.92 Å². The van der Waals surface area contributed by atoms with Gasteiger partial charge < -0.3 is 29.3 Å². The number of rotatable bonds is 0. The monoisotopic (exact) mass is 299 g/mol. The minimum atomic E-state index is -5.17. The first kappa shape index (κ1) is 36.0. The molecule has 0 atom stereocenters. The molecule has 0 spiro atoms. The van der Waals surface area contributed by atoms with Gasteiger partial charge >= 0.3 is 66.9 Å². The van der Waals surface area contributed by atoms with E-state index in [0.717, 1.165) is 0 Å². The molecule has 0 fully saturated rings. The Bertz CT molecular complexity index is 275. The predicted molar refractivity (Wildman–Crippen MR) is 39.6 cm³/mol. The smallest absolute Gasteiger partial charge is 0.759 e. The molecule has 0 aromatic heterocycles. The molecule has 0 aliphatic rings. The van der Waals surface area contributed by atoms with Crippen molar-refractivity contribution in [3.05, 3.63) is 0 Å². The molecule has 14 heteroatoms. The van der Waals surface area contributed by atoms with Crippen molar-refractivity contribution in [2.24, 2.45) is 0 Å². The van der Waals surface area contributed by atoms with Crippen LogP contribution < -0.4 is 59.1 Å². The second-order valence-electron chi connectivity index (χ2n) is 1.15. The summed E-state index contributed by atoms with van der Waals surface area (Å²) in [4.78, 5) is 21.6. The van der Waals surface area contributed by atoms with Crippen molar-refractivity contribution >= 4 is 18.2 Å². The summed E-state index contributed by atoms with van der Waals surface area (Å²) in [5.41, 5.74) is 0. The summed E-state index contributed by atoms with van der Waals surface area (Å²) >= 11 is 0. The van der Waals surface area contributed by atoms with Gasteiger partial charge in [-0.15, -0.1) is 0 Å². The standard InChI is InChI=1S/C2H3N.2Na.H3O4P.H2O4S.H2O/c1-2-3;;;2*1-5(2,3)4;/h1H3;;;(H3,1,2,3,4);(H2,1,2,3,4);1H2/q;2*+1;;;/p-2. The Morgan fingerprint density at radius 2 is 1.19 bits per heavy atom. The van der Waals surface area contributed by atoms with E-state index in [1.165, 1.54) is 6.92 Å². The maximum Gasteiger partial charge on any atom is 1.00 e. The molecule has 88 valence electrons. The second kappa shape index (κ2) is 18.8. The first-order valence-electron chi connectivity index (χ1n) is 2.17. The van der Waals surface area contributed by atoms with Crippen molar-refractivity contribution < 1.29 is 101 Å². The molecule has 5 N–H and O–H groups in total. The molecular formula is C2H8NNa2O9PS. The molecule has 0 unspecified atom stereocenters. The number of hydrogen-bond donors (Lipinski definition) is 3. The van der Waals surface area contributed by atoms with Crippen LogP contribution in [0.15, 0.2) is 0 Å². The van der Waals surface area contributed by atoms with E-state index in [4.69, 9.17) is 42.0 Å². The average molecular weight is 299 g/mol. The van der Waals surface area contributed by atoms with E-state index in [2.05, 4.69) is 0 Å². The van der Waals surface area contributed by atoms with Crippen LogP contribution in [0.2, 0.25) is 0 Å². The molecule has 0 saturated heterocycles. The normalized spacial score (nSPS) is 7.81. The summed E-state index contributed by atoms with van der Waals surface area (Å²) in [6, 6.07) is 1.75. The minimum absolute atomic E-state index is 0. The molecule has 0 aliphatic carbocycles. The number of nitriles is 1. The Morgan fingerprint density at radius 3 is 1.19 bits per heavy atom. The molecule has 0 saturated carbocycles. The maximum atomic E-state index is 8.88. The molecular weight excluding hydrogens is 291 g/mol. The Labute approximate surface area is 136 Å². The van der Waals surface area contributed by atoms with Crippen LogP contribution in [-0.4, -0.2) is 37.7 Å². The van der Waals surface area contributed by atoms with Crippen molar-refractivity contribution in [3.8, 4) is 6.07 Å². The van der Waals surface area contributed by atoms with Crippen LogP contribution in [0.25, 0.3) is 0 Å². The van der Waals surface area contributed by atoms with Gasteiger partial charge in [-0.05, 0) is 0 Å². The molecule has 10 nitrogen and oxygen atoms in total. The van der Waals surface area contributed by atoms with Gasteiger partial charge in [-0.2, -0.15) is 5.26 Å². The molecule has 16 heavy (non-hydrogen) atoms. The summed E-state index contributed by atoms with van der Waals surface area (Å²) in [5, 5.41) is 7.32. The Kier molecular flexibility index (Phi) is 42.3. The van der Waals surface area contributed by atoms with E-state index in [1.54, 1.807) is 6.07 Å². The van der Waals surface area contributed by atoms with Gasteiger partial charge in [0.05, 0.1) is 6.07 Å².